The number of pyridine rings is 1. The van der Waals surface area contributed by atoms with E-state index in [2.05, 4.69) is 21.7 Å². The average molecular weight is 283 g/mol. The van der Waals surface area contributed by atoms with Crippen molar-refractivity contribution in [3.8, 4) is 0 Å². The first-order chi connectivity index (χ1) is 10.0. The molecule has 0 atom stereocenters. The summed E-state index contributed by atoms with van der Waals surface area (Å²) in [5.41, 5.74) is 3.80. The fraction of sp³-hybridized carbons (Fsp3) is 0.294. The molecule has 0 fully saturated rings. The molecule has 0 radical (unpaired) electrons. The van der Waals surface area contributed by atoms with Gasteiger partial charge in [0.1, 0.15) is 0 Å². The van der Waals surface area contributed by atoms with Gasteiger partial charge in [0.25, 0.3) is 5.91 Å². The van der Waals surface area contributed by atoms with Crippen LogP contribution in [-0.4, -0.2) is 16.9 Å². The van der Waals surface area contributed by atoms with Crippen molar-refractivity contribution in [3.05, 3.63) is 59.4 Å². The Morgan fingerprint density at radius 1 is 1.14 bits per heavy atom. The van der Waals surface area contributed by atoms with Gasteiger partial charge in [0.05, 0.1) is 0 Å². The molecule has 21 heavy (non-hydrogen) atoms. The molecule has 0 saturated carbocycles. The number of amides is 1. The summed E-state index contributed by atoms with van der Waals surface area (Å²) < 4.78 is 0. The molecular formula is C17H21N3O. The van der Waals surface area contributed by atoms with E-state index >= 15 is 0 Å². The summed E-state index contributed by atoms with van der Waals surface area (Å²) >= 11 is 0. The normalized spacial score (nSPS) is 10.5. The summed E-state index contributed by atoms with van der Waals surface area (Å²) in [4.78, 5) is 16.1. The Kier molecular flexibility index (Phi) is 4.93. The van der Waals surface area contributed by atoms with Crippen LogP contribution >= 0.6 is 0 Å². The SMILES string of the molecule is Cc1ccc(CNc2ccc(C(=O)NC(C)C)cc2)cn1. The van der Waals surface area contributed by atoms with Crippen LogP contribution in [-0.2, 0) is 6.54 Å². The third kappa shape index (κ3) is 4.60. The third-order valence-corrected chi connectivity index (χ3v) is 3.04. The Balaban J connectivity index is 1.93. The van der Waals surface area contributed by atoms with Crippen molar-refractivity contribution in [1.29, 1.82) is 0 Å². The lowest BCUT2D eigenvalue weighted by Crippen LogP contribution is -2.29. The van der Waals surface area contributed by atoms with Gasteiger partial charge in [-0.3, -0.25) is 9.78 Å². The number of aromatic nitrogens is 1. The molecule has 0 spiro atoms. The molecule has 110 valence electrons. The molecule has 1 heterocycles. The molecule has 4 nitrogen and oxygen atoms in total. The van der Waals surface area contributed by atoms with E-state index in [0.29, 0.717) is 12.1 Å². The lowest BCUT2D eigenvalue weighted by atomic mass is 10.1. The maximum Gasteiger partial charge on any atom is 0.251 e. The van der Waals surface area contributed by atoms with Crippen molar-refractivity contribution in [1.82, 2.24) is 10.3 Å². The van der Waals surface area contributed by atoms with Crippen LogP contribution in [0, 0.1) is 6.92 Å². The summed E-state index contributed by atoms with van der Waals surface area (Å²) in [7, 11) is 0. The van der Waals surface area contributed by atoms with Gasteiger partial charge in [0, 0.05) is 35.7 Å². The molecule has 1 amide bonds. The first-order valence-electron chi connectivity index (χ1n) is 7.11. The molecule has 0 unspecified atom stereocenters. The molecule has 0 aliphatic rings. The Morgan fingerprint density at radius 3 is 2.43 bits per heavy atom. The van der Waals surface area contributed by atoms with Crippen LogP contribution in [0.5, 0.6) is 0 Å². The van der Waals surface area contributed by atoms with Gasteiger partial charge in [0.15, 0.2) is 0 Å². The zero-order valence-electron chi connectivity index (χ0n) is 12.7. The van der Waals surface area contributed by atoms with Gasteiger partial charge >= 0.3 is 0 Å². The lowest BCUT2D eigenvalue weighted by Gasteiger charge is -2.10. The predicted molar refractivity (Wildman–Crippen MR) is 85.3 cm³/mol. The first kappa shape index (κ1) is 15.0. The molecule has 2 aromatic rings. The molecule has 2 rings (SSSR count). The number of carbonyl (C=O) groups is 1. The van der Waals surface area contributed by atoms with E-state index in [-0.39, 0.29) is 11.9 Å². The minimum atomic E-state index is -0.0423. The van der Waals surface area contributed by atoms with E-state index in [0.717, 1.165) is 16.9 Å². The van der Waals surface area contributed by atoms with Crippen LogP contribution in [0.25, 0.3) is 0 Å². The highest BCUT2D eigenvalue weighted by atomic mass is 16.1. The molecule has 0 aliphatic carbocycles. The van der Waals surface area contributed by atoms with Gasteiger partial charge in [-0.25, -0.2) is 0 Å². The van der Waals surface area contributed by atoms with Crippen molar-refractivity contribution < 1.29 is 4.79 Å². The number of carbonyl (C=O) groups excluding carboxylic acids is 1. The highest BCUT2D eigenvalue weighted by Crippen LogP contribution is 2.11. The number of anilines is 1. The van der Waals surface area contributed by atoms with Crippen LogP contribution in [0.15, 0.2) is 42.6 Å². The molecule has 0 bridgehead atoms. The molecule has 1 aromatic carbocycles. The van der Waals surface area contributed by atoms with Gasteiger partial charge < -0.3 is 10.6 Å². The Hall–Kier alpha value is -2.36. The molecule has 0 aliphatic heterocycles. The smallest absolute Gasteiger partial charge is 0.251 e. The van der Waals surface area contributed by atoms with Crippen molar-refractivity contribution in [2.24, 2.45) is 0 Å². The van der Waals surface area contributed by atoms with Crippen molar-refractivity contribution in [2.75, 3.05) is 5.32 Å². The van der Waals surface area contributed by atoms with Gasteiger partial charge in [-0.15, -0.1) is 0 Å². The van der Waals surface area contributed by atoms with E-state index in [1.165, 1.54) is 0 Å². The summed E-state index contributed by atoms with van der Waals surface area (Å²) in [6.07, 6.45) is 1.87. The fourth-order valence-electron chi connectivity index (χ4n) is 1.89. The second-order valence-electron chi connectivity index (χ2n) is 5.37. The number of nitrogens with zero attached hydrogens (tertiary/aromatic N) is 1. The largest absolute Gasteiger partial charge is 0.381 e. The van der Waals surface area contributed by atoms with Crippen molar-refractivity contribution >= 4 is 11.6 Å². The first-order valence-corrected chi connectivity index (χ1v) is 7.11. The van der Waals surface area contributed by atoms with E-state index in [9.17, 15) is 4.79 Å². The number of hydrogen-bond acceptors (Lipinski definition) is 3. The Bertz CT molecular complexity index is 588. The van der Waals surface area contributed by atoms with Gasteiger partial charge in [-0.05, 0) is 56.7 Å². The van der Waals surface area contributed by atoms with E-state index in [1.807, 2.05) is 57.3 Å². The van der Waals surface area contributed by atoms with Gasteiger partial charge in [0.2, 0.25) is 0 Å². The lowest BCUT2D eigenvalue weighted by molar-refractivity contribution is 0.0943. The Labute approximate surface area is 125 Å². The van der Waals surface area contributed by atoms with E-state index < -0.39 is 0 Å². The molecule has 2 N–H and O–H groups in total. The fourth-order valence-corrected chi connectivity index (χ4v) is 1.89. The van der Waals surface area contributed by atoms with Crippen LogP contribution in [0.2, 0.25) is 0 Å². The number of aryl methyl sites for hydroxylation is 1. The van der Waals surface area contributed by atoms with E-state index in [4.69, 9.17) is 0 Å². The minimum Gasteiger partial charge on any atom is -0.381 e. The van der Waals surface area contributed by atoms with Crippen molar-refractivity contribution in [2.45, 2.75) is 33.4 Å². The van der Waals surface area contributed by atoms with Crippen LogP contribution in [0.3, 0.4) is 0 Å². The van der Waals surface area contributed by atoms with Gasteiger partial charge in [-0.1, -0.05) is 6.07 Å². The summed E-state index contributed by atoms with van der Waals surface area (Å²) in [6, 6.07) is 11.7. The quantitative estimate of drug-likeness (QED) is 0.886. The second-order valence-corrected chi connectivity index (χ2v) is 5.37. The summed E-state index contributed by atoms with van der Waals surface area (Å²) in [5, 5.41) is 6.19. The Morgan fingerprint density at radius 2 is 1.86 bits per heavy atom. The zero-order chi connectivity index (χ0) is 15.2. The highest BCUT2D eigenvalue weighted by Gasteiger charge is 2.06. The zero-order valence-corrected chi connectivity index (χ0v) is 12.7. The van der Waals surface area contributed by atoms with Crippen LogP contribution < -0.4 is 10.6 Å². The number of rotatable bonds is 5. The monoisotopic (exact) mass is 283 g/mol. The summed E-state index contributed by atoms with van der Waals surface area (Å²) in [6.45, 7) is 6.58. The predicted octanol–water partition coefficient (Wildman–Crippen LogP) is 3.14. The third-order valence-electron chi connectivity index (χ3n) is 3.04. The number of hydrogen-bond donors (Lipinski definition) is 2. The highest BCUT2D eigenvalue weighted by molar-refractivity contribution is 5.94. The molecule has 4 heteroatoms. The second kappa shape index (κ2) is 6.88. The number of benzene rings is 1. The maximum absolute atomic E-state index is 11.8. The molecule has 1 aromatic heterocycles. The topological polar surface area (TPSA) is 54.0 Å². The molecular weight excluding hydrogens is 262 g/mol. The maximum atomic E-state index is 11.8. The van der Waals surface area contributed by atoms with Crippen LogP contribution in [0.4, 0.5) is 5.69 Å². The number of nitrogens with one attached hydrogen (secondary N) is 2. The minimum absolute atomic E-state index is 0.0423. The summed E-state index contributed by atoms with van der Waals surface area (Å²) in [5.74, 6) is -0.0423. The average Bonchev–Trinajstić information content (AvgIpc) is 2.46. The molecule has 0 saturated heterocycles. The standard InChI is InChI=1S/C17H21N3O/c1-12(2)20-17(21)15-6-8-16(9-7-15)19-11-14-5-4-13(3)18-10-14/h4-10,12,19H,11H2,1-3H3,(H,20,21). The van der Waals surface area contributed by atoms with E-state index in [1.54, 1.807) is 0 Å². The van der Waals surface area contributed by atoms with Gasteiger partial charge in [-0.2, -0.15) is 0 Å². The van der Waals surface area contributed by atoms with Crippen LogP contribution in [0.1, 0.15) is 35.5 Å². The van der Waals surface area contributed by atoms with Crippen molar-refractivity contribution in [3.63, 3.8) is 0 Å².